The summed E-state index contributed by atoms with van der Waals surface area (Å²) in [6.45, 7) is 1.60. The second-order valence-corrected chi connectivity index (χ2v) is 5.16. The molecule has 0 aliphatic heterocycles. The van der Waals surface area contributed by atoms with E-state index in [1.807, 2.05) is 0 Å². The average molecular weight is 324 g/mol. The number of hydrogen-bond acceptors (Lipinski definition) is 2. The van der Waals surface area contributed by atoms with Gasteiger partial charge >= 0.3 is 6.18 Å². The number of H-pyrrole nitrogens is 1. The number of carbonyl (C=O) groups excluding carboxylic acids is 1. The Balaban J connectivity index is 2.10. The van der Waals surface area contributed by atoms with Crippen LogP contribution in [0.4, 0.5) is 13.2 Å². The molecule has 1 heterocycles. The fourth-order valence-corrected chi connectivity index (χ4v) is 2.24. The first-order valence-electron chi connectivity index (χ1n) is 6.92. The molecular weight excluding hydrogens is 309 g/mol. The average Bonchev–Trinajstić information content (AvgIpc) is 2.46. The maximum atomic E-state index is 12.9. The molecule has 2 rings (SSSR count). The minimum Gasteiger partial charge on any atom is -0.348 e. The highest BCUT2D eigenvalue weighted by atomic mass is 19.4. The molecule has 4 nitrogen and oxygen atoms in total. The molecule has 7 heteroatoms. The Morgan fingerprint density at radius 3 is 2.52 bits per heavy atom. The topological polar surface area (TPSA) is 62.0 Å². The first-order valence-corrected chi connectivity index (χ1v) is 6.92. The third-order valence-corrected chi connectivity index (χ3v) is 3.24. The monoisotopic (exact) mass is 324 g/mol. The van der Waals surface area contributed by atoms with Crippen LogP contribution in [-0.2, 0) is 12.6 Å². The van der Waals surface area contributed by atoms with Crippen molar-refractivity contribution in [3.8, 4) is 0 Å². The second kappa shape index (κ2) is 6.68. The van der Waals surface area contributed by atoms with Gasteiger partial charge in [0.05, 0.1) is 5.56 Å². The van der Waals surface area contributed by atoms with Gasteiger partial charge in [-0.1, -0.05) is 24.3 Å². The minimum absolute atomic E-state index is 0.0263. The van der Waals surface area contributed by atoms with Gasteiger partial charge in [-0.15, -0.1) is 0 Å². The molecule has 0 spiro atoms. The van der Waals surface area contributed by atoms with Gasteiger partial charge in [-0.2, -0.15) is 13.2 Å². The van der Waals surface area contributed by atoms with Crippen molar-refractivity contribution in [2.24, 2.45) is 0 Å². The number of alkyl halides is 3. The van der Waals surface area contributed by atoms with E-state index in [1.165, 1.54) is 36.4 Å². The summed E-state index contributed by atoms with van der Waals surface area (Å²) in [7, 11) is 0. The molecule has 0 unspecified atom stereocenters. The largest absolute Gasteiger partial charge is 0.416 e. The first kappa shape index (κ1) is 16.8. The Labute approximate surface area is 130 Å². The minimum atomic E-state index is -4.44. The number of pyridine rings is 1. The summed E-state index contributed by atoms with van der Waals surface area (Å²) < 4.78 is 38.8. The van der Waals surface area contributed by atoms with Crippen LogP contribution in [0.3, 0.4) is 0 Å². The number of rotatable bonds is 4. The summed E-state index contributed by atoms with van der Waals surface area (Å²) in [5, 5.41) is 2.57. The molecule has 0 saturated carbocycles. The van der Waals surface area contributed by atoms with E-state index in [4.69, 9.17) is 0 Å². The van der Waals surface area contributed by atoms with Crippen molar-refractivity contribution < 1.29 is 18.0 Å². The number of carbonyl (C=O) groups is 1. The van der Waals surface area contributed by atoms with Gasteiger partial charge < -0.3 is 10.3 Å². The molecule has 2 aromatic rings. The van der Waals surface area contributed by atoms with E-state index in [0.717, 1.165) is 6.07 Å². The van der Waals surface area contributed by atoms with Crippen molar-refractivity contribution in [1.82, 2.24) is 10.3 Å². The zero-order valence-corrected chi connectivity index (χ0v) is 12.3. The van der Waals surface area contributed by atoms with E-state index < -0.39 is 29.2 Å². The van der Waals surface area contributed by atoms with Crippen LogP contribution >= 0.6 is 0 Å². The molecule has 0 bridgehead atoms. The molecule has 0 aliphatic rings. The van der Waals surface area contributed by atoms with Gasteiger partial charge in [0.1, 0.15) is 5.69 Å². The van der Waals surface area contributed by atoms with Crippen LogP contribution in [0.15, 0.2) is 47.3 Å². The first-order chi connectivity index (χ1) is 10.8. The van der Waals surface area contributed by atoms with Crippen LogP contribution in [0.1, 0.15) is 28.5 Å². The maximum Gasteiger partial charge on any atom is 0.416 e. The van der Waals surface area contributed by atoms with Crippen LogP contribution in [-0.4, -0.2) is 16.9 Å². The third-order valence-electron chi connectivity index (χ3n) is 3.24. The SMILES string of the molecule is C[C@H](Cc1ccccc1C(F)(F)F)NC(=O)c1cccc(=O)[nH]1. The smallest absolute Gasteiger partial charge is 0.348 e. The Hall–Kier alpha value is -2.57. The molecule has 0 saturated heterocycles. The highest BCUT2D eigenvalue weighted by Crippen LogP contribution is 2.32. The van der Waals surface area contributed by atoms with Crippen LogP contribution in [0.25, 0.3) is 0 Å². The number of benzene rings is 1. The van der Waals surface area contributed by atoms with Crippen molar-refractivity contribution in [2.75, 3.05) is 0 Å². The van der Waals surface area contributed by atoms with Gasteiger partial charge in [-0.25, -0.2) is 0 Å². The summed E-state index contributed by atoms with van der Waals surface area (Å²) in [5.41, 5.74) is -0.968. The number of halogens is 3. The standard InChI is InChI=1S/C16H15F3N2O2/c1-10(20-15(23)13-7-4-8-14(22)21-13)9-11-5-2-3-6-12(11)16(17,18)19/h2-8,10H,9H2,1H3,(H,20,23)(H,21,22)/t10-/m1/s1. The van der Waals surface area contributed by atoms with Gasteiger partial charge in [0, 0.05) is 12.1 Å². The molecule has 1 aromatic carbocycles. The molecule has 1 atom stereocenters. The molecule has 122 valence electrons. The van der Waals surface area contributed by atoms with E-state index in [-0.39, 0.29) is 17.7 Å². The summed E-state index contributed by atoms with van der Waals surface area (Å²) >= 11 is 0. The highest BCUT2D eigenvalue weighted by Gasteiger charge is 2.33. The number of hydrogen-bond donors (Lipinski definition) is 2. The van der Waals surface area contributed by atoms with Crippen molar-refractivity contribution in [3.63, 3.8) is 0 Å². The van der Waals surface area contributed by atoms with Crippen LogP contribution in [0.5, 0.6) is 0 Å². The lowest BCUT2D eigenvalue weighted by molar-refractivity contribution is -0.138. The molecule has 0 fully saturated rings. The maximum absolute atomic E-state index is 12.9. The van der Waals surface area contributed by atoms with Crippen LogP contribution in [0.2, 0.25) is 0 Å². The molecule has 1 amide bonds. The van der Waals surface area contributed by atoms with E-state index in [1.54, 1.807) is 6.92 Å². The Morgan fingerprint density at radius 1 is 1.17 bits per heavy atom. The lowest BCUT2D eigenvalue weighted by atomic mass is 10.0. The molecule has 0 aliphatic carbocycles. The van der Waals surface area contributed by atoms with Crippen molar-refractivity contribution in [1.29, 1.82) is 0 Å². The predicted molar refractivity (Wildman–Crippen MR) is 79.1 cm³/mol. The lowest BCUT2D eigenvalue weighted by Crippen LogP contribution is -2.35. The quantitative estimate of drug-likeness (QED) is 0.908. The Kier molecular flexibility index (Phi) is 4.88. The van der Waals surface area contributed by atoms with Gasteiger partial charge in [-0.05, 0) is 31.0 Å². The molecule has 1 aromatic heterocycles. The van der Waals surface area contributed by atoms with Crippen molar-refractivity contribution >= 4 is 5.91 Å². The van der Waals surface area contributed by atoms with E-state index in [0.29, 0.717) is 0 Å². The van der Waals surface area contributed by atoms with E-state index in [9.17, 15) is 22.8 Å². The molecule has 2 N–H and O–H groups in total. The highest BCUT2D eigenvalue weighted by molar-refractivity contribution is 5.92. The van der Waals surface area contributed by atoms with Gasteiger partial charge in [0.15, 0.2) is 0 Å². The van der Waals surface area contributed by atoms with E-state index in [2.05, 4.69) is 10.3 Å². The van der Waals surface area contributed by atoms with Crippen LogP contribution in [0, 0.1) is 0 Å². The van der Waals surface area contributed by atoms with Crippen molar-refractivity contribution in [3.05, 3.63) is 69.6 Å². The number of nitrogens with one attached hydrogen (secondary N) is 2. The Bertz CT molecular complexity index is 753. The van der Waals surface area contributed by atoms with Gasteiger partial charge in [-0.3, -0.25) is 9.59 Å². The molecule has 23 heavy (non-hydrogen) atoms. The summed E-state index contributed by atoms with van der Waals surface area (Å²) in [5.74, 6) is -0.542. The molecule has 0 radical (unpaired) electrons. The summed E-state index contributed by atoms with van der Waals surface area (Å²) in [4.78, 5) is 25.5. The third kappa shape index (κ3) is 4.45. The fraction of sp³-hybridized carbons (Fsp3) is 0.250. The number of aromatic amines is 1. The second-order valence-electron chi connectivity index (χ2n) is 5.16. The van der Waals surface area contributed by atoms with Crippen molar-refractivity contribution in [2.45, 2.75) is 25.6 Å². The zero-order valence-electron chi connectivity index (χ0n) is 12.3. The zero-order chi connectivity index (χ0) is 17.0. The fourth-order valence-electron chi connectivity index (χ4n) is 2.24. The summed E-state index contributed by atoms with van der Waals surface area (Å²) in [6.07, 6.45) is -4.41. The lowest BCUT2D eigenvalue weighted by Gasteiger charge is -2.17. The Morgan fingerprint density at radius 2 is 1.87 bits per heavy atom. The van der Waals surface area contributed by atoms with Gasteiger partial charge in [0.2, 0.25) is 5.56 Å². The van der Waals surface area contributed by atoms with E-state index >= 15 is 0 Å². The predicted octanol–water partition coefficient (Wildman–Crippen LogP) is 2.75. The number of amides is 1. The van der Waals surface area contributed by atoms with Gasteiger partial charge in [0.25, 0.3) is 5.91 Å². The summed E-state index contributed by atoms with van der Waals surface area (Å²) in [6, 6.07) is 8.83. The number of aromatic nitrogens is 1. The normalized spacial score (nSPS) is 12.7. The molecular formula is C16H15F3N2O2. The van der Waals surface area contributed by atoms with Crippen LogP contribution < -0.4 is 10.9 Å².